The molecule has 0 aliphatic rings. The third-order valence-corrected chi connectivity index (χ3v) is 4.93. The monoisotopic (exact) mass is 312 g/mol. The van der Waals surface area contributed by atoms with Gasteiger partial charge in [0.1, 0.15) is 11.4 Å². The molecular formula is C18H20N2OS. The molecule has 0 bridgehead atoms. The third-order valence-electron chi connectivity index (χ3n) is 3.81. The van der Waals surface area contributed by atoms with Crippen LogP contribution in [-0.2, 0) is 5.60 Å². The number of nitrogens with one attached hydrogen (secondary N) is 1. The Morgan fingerprint density at radius 2 is 2.14 bits per heavy atom. The van der Waals surface area contributed by atoms with Crippen LogP contribution in [0, 0.1) is 0 Å². The lowest BCUT2D eigenvalue weighted by Crippen LogP contribution is -2.32. The molecule has 114 valence electrons. The number of hydrogen-bond acceptors (Lipinski definition) is 4. The maximum Gasteiger partial charge on any atom is 0.141 e. The minimum Gasteiger partial charge on any atom is -0.482 e. The summed E-state index contributed by atoms with van der Waals surface area (Å²) in [5, 5.41) is 6.41. The largest absolute Gasteiger partial charge is 0.482 e. The summed E-state index contributed by atoms with van der Waals surface area (Å²) in [4.78, 5) is 5.60. The molecule has 0 spiro atoms. The second-order valence-corrected chi connectivity index (χ2v) is 6.47. The Morgan fingerprint density at radius 1 is 1.23 bits per heavy atom. The van der Waals surface area contributed by atoms with E-state index in [1.807, 2.05) is 31.4 Å². The SMILES string of the molecule is CNCC[C@@](C)(Oc1ccc2ncccc2c1)c1cccs1. The highest BCUT2D eigenvalue weighted by Gasteiger charge is 2.29. The van der Waals surface area contributed by atoms with Crippen LogP contribution < -0.4 is 10.1 Å². The van der Waals surface area contributed by atoms with Crippen LogP contribution in [-0.4, -0.2) is 18.6 Å². The molecule has 0 saturated heterocycles. The van der Waals surface area contributed by atoms with Crippen LogP contribution in [0.1, 0.15) is 18.2 Å². The van der Waals surface area contributed by atoms with Crippen LogP contribution in [0.3, 0.4) is 0 Å². The van der Waals surface area contributed by atoms with E-state index in [0.29, 0.717) is 0 Å². The molecule has 2 aromatic heterocycles. The molecule has 22 heavy (non-hydrogen) atoms. The Labute approximate surface area is 135 Å². The number of ether oxygens (including phenoxy) is 1. The summed E-state index contributed by atoms with van der Waals surface area (Å²) in [7, 11) is 1.97. The van der Waals surface area contributed by atoms with Crippen molar-refractivity contribution in [3.8, 4) is 5.75 Å². The lowest BCUT2D eigenvalue weighted by atomic mass is 9.99. The number of benzene rings is 1. The first kappa shape index (κ1) is 15.0. The van der Waals surface area contributed by atoms with Gasteiger partial charge in [0.05, 0.1) is 5.52 Å². The van der Waals surface area contributed by atoms with Crippen LogP contribution in [0.5, 0.6) is 5.75 Å². The van der Waals surface area contributed by atoms with Crippen molar-refractivity contribution in [2.24, 2.45) is 0 Å². The van der Waals surface area contributed by atoms with Crippen molar-refractivity contribution < 1.29 is 4.74 Å². The second kappa shape index (κ2) is 6.46. The molecule has 1 aromatic carbocycles. The average molecular weight is 312 g/mol. The molecule has 0 fully saturated rings. The van der Waals surface area contributed by atoms with Crippen LogP contribution in [0.4, 0.5) is 0 Å². The lowest BCUT2D eigenvalue weighted by molar-refractivity contribution is 0.0817. The smallest absolute Gasteiger partial charge is 0.141 e. The molecule has 0 aliphatic carbocycles. The number of pyridine rings is 1. The molecule has 0 aliphatic heterocycles. The minimum absolute atomic E-state index is 0.326. The van der Waals surface area contributed by atoms with Gasteiger partial charge in [0.15, 0.2) is 0 Å². The highest BCUT2D eigenvalue weighted by atomic mass is 32.1. The standard InChI is InChI=1S/C18H20N2OS/c1-18(9-11-19-2,17-6-4-12-22-17)21-15-7-8-16-14(13-15)5-3-10-20-16/h3-8,10,12-13,19H,9,11H2,1-2H3/t18-/m1/s1. The zero-order valence-corrected chi connectivity index (χ0v) is 13.7. The van der Waals surface area contributed by atoms with Gasteiger partial charge in [0, 0.05) is 22.9 Å². The van der Waals surface area contributed by atoms with E-state index < -0.39 is 0 Å². The molecule has 2 heterocycles. The van der Waals surface area contributed by atoms with Gasteiger partial charge in [-0.15, -0.1) is 11.3 Å². The van der Waals surface area contributed by atoms with Gasteiger partial charge in [-0.1, -0.05) is 12.1 Å². The van der Waals surface area contributed by atoms with Crippen molar-refractivity contribution in [2.75, 3.05) is 13.6 Å². The van der Waals surface area contributed by atoms with Gasteiger partial charge in [0.2, 0.25) is 0 Å². The number of thiophene rings is 1. The highest BCUT2D eigenvalue weighted by molar-refractivity contribution is 7.10. The Kier molecular flexibility index (Phi) is 4.41. The average Bonchev–Trinajstić information content (AvgIpc) is 3.08. The van der Waals surface area contributed by atoms with Crippen molar-refractivity contribution in [1.82, 2.24) is 10.3 Å². The van der Waals surface area contributed by atoms with E-state index in [1.165, 1.54) is 4.88 Å². The Hall–Kier alpha value is -1.91. The number of aromatic nitrogens is 1. The summed E-state index contributed by atoms with van der Waals surface area (Å²) >= 11 is 1.74. The van der Waals surface area contributed by atoms with Gasteiger partial charge in [-0.3, -0.25) is 4.98 Å². The molecule has 0 unspecified atom stereocenters. The first-order valence-electron chi connectivity index (χ1n) is 7.44. The molecule has 4 heteroatoms. The highest BCUT2D eigenvalue weighted by Crippen LogP contribution is 2.34. The van der Waals surface area contributed by atoms with Gasteiger partial charge >= 0.3 is 0 Å². The fraction of sp³-hybridized carbons (Fsp3) is 0.278. The van der Waals surface area contributed by atoms with Crippen molar-refractivity contribution in [3.05, 3.63) is 58.9 Å². The van der Waals surface area contributed by atoms with E-state index in [2.05, 4.69) is 46.9 Å². The quantitative estimate of drug-likeness (QED) is 0.740. The first-order valence-corrected chi connectivity index (χ1v) is 8.32. The fourth-order valence-corrected chi connectivity index (χ4v) is 3.40. The summed E-state index contributed by atoms with van der Waals surface area (Å²) in [6, 6.07) is 14.3. The van der Waals surface area contributed by atoms with Crippen molar-refractivity contribution >= 4 is 22.2 Å². The van der Waals surface area contributed by atoms with Crippen LogP contribution in [0.2, 0.25) is 0 Å². The van der Waals surface area contributed by atoms with Crippen LogP contribution in [0.15, 0.2) is 54.0 Å². The van der Waals surface area contributed by atoms with Gasteiger partial charge in [0.25, 0.3) is 0 Å². The van der Waals surface area contributed by atoms with E-state index >= 15 is 0 Å². The van der Waals surface area contributed by atoms with Gasteiger partial charge in [-0.05, 0) is 56.2 Å². The van der Waals surface area contributed by atoms with Gasteiger partial charge in [-0.2, -0.15) is 0 Å². The molecule has 1 atom stereocenters. The summed E-state index contributed by atoms with van der Waals surface area (Å²) in [6.07, 6.45) is 2.72. The molecule has 3 aromatic rings. The molecular weight excluding hydrogens is 292 g/mol. The van der Waals surface area contributed by atoms with E-state index in [9.17, 15) is 0 Å². The number of nitrogens with zero attached hydrogens (tertiary/aromatic N) is 1. The molecule has 1 N–H and O–H groups in total. The van der Waals surface area contributed by atoms with Crippen LogP contribution >= 0.6 is 11.3 Å². The third kappa shape index (κ3) is 3.13. The summed E-state index contributed by atoms with van der Waals surface area (Å²) < 4.78 is 6.40. The second-order valence-electron chi connectivity index (χ2n) is 5.52. The zero-order chi connectivity index (χ0) is 15.4. The molecule has 0 amide bonds. The predicted molar refractivity (Wildman–Crippen MR) is 92.6 cm³/mol. The Balaban J connectivity index is 1.91. The summed E-state index contributed by atoms with van der Waals surface area (Å²) in [5.41, 5.74) is 0.662. The van der Waals surface area contributed by atoms with E-state index in [1.54, 1.807) is 11.3 Å². The first-order chi connectivity index (χ1) is 10.7. The number of fused-ring (bicyclic) bond motifs is 1. The van der Waals surface area contributed by atoms with Crippen molar-refractivity contribution in [1.29, 1.82) is 0 Å². The number of rotatable bonds is 6. The zero-order valence-electron chi connectivity index (χ0n) is 12.9. The normalized spacial score (nSPS) is 13.9. The van der Waals surface area contributed by atoms with E-state index in [0.717, 1.165) is 29.6 Å². The van der Waals surface area contributed by atoms with Crippen molar-refractivity contribution in [2.45, 2.75) is 18.9 Å². The van der Waals surface area contributed by atoms with E-state index in [4.69, 9.17) is 4.74 Å². The molecule has 0 radical (unpaired) electrons. The number of hydrogen-bond donors (Lipinski definition) is 1. The summed E-state index contributed by atoms with van der Waals surface area (Å²) in [5.74, 6) is 0.882. The molecule has 3 nitrogen and oxygen atoms in total. The topological polar surface area (TPSA) is 34.1 Å². The Morgan fingerprint density at radius 3 is 2.91 bits per heavy atom. The Bertz CT molecular complexity index is 742. The fourth-order valence-electron chi connectivity index (χ4n) is 2.54. The van der Waals surface area contributed by atoms with E-state index in [-0.39, 0.29) is 5.60 Å². The van der Waals surface area contributed by atoms with Gasteiger partial charge < -0.3 is 10.1 Å². The molecule has 0 saturated carbocycles. The van der Waals surface area contributed by atoms with Crippen molar-refractivity contribution in [3.63, 3.8) is 0 Å². The molecule has 3 rings (SSSR count). The lowest BCUT2D eigenvalue weighted by Gasteiger charge is -2.30. The maximum absolute atomic E-state index is 6.40. The minimum atomic E-state index is -0.326. The van der Waals surface area contributed by atoms with Gasteiger partial charge in [-0.25, -0.2) is 0 Å². The summed E-state index contributed by atoms with van der Waals surface area (Å²) in [6.45, 7) is 3.06. The predicted octanol–water partition coefficient (Wildman–Crippen LogP) is 4.20. The van der Waals surface area contributed by atoms with Crippen LogP contribution in [0.25, 0.3) is 10.9 Å². The maximum atomic E-state index is 6.40.